The van der Waals surface area contributed by atoms with E-state index in [0.717, 1.165) is 16.7 Å². The largest absolute Gasteiger partial charge is 0.354 e. The van der Waals surface area contributed by atoms with Gasteiger partial charge in [-0.1, -0.05) is 61.8 Å². The summed E-state index contributed by atoms with van der Waals surface area (Å²) in [5.41, 5.74) is 2.98. The molecule has 150 valence electrons. The molecule has 0 aliphatic rings. The molecular weight excluding hydrogens is 372 g/mol. The van der Waals surface area contributed by atoms with Crippen molar-refractivity contribution in [1.82, 2.24) is 10.2 Å². The van der Waals surface area contributed by atoms with Gasteiger partial charge in [-0.05, 0) is 48.6 Å². The number of hydrogen-bond acceptors (Lipinski definition) is 2. The van der Waals surface area contributed by atoms with E-state index < -0.39 is 6.04 Å². The molecule has 0 radical (unpaired) electrons. The first-order valence-electron chi connectivity index (χ1n) is 9.64. The topological polar surface area (TPSA) is 49.4 Å². The standard InChI is InChI=1S/C23H29ClN2O2/c1-16(2)14-25-23(28)18(4)26(15-19-9-11-21(24)12-10-19)22(27)13-20-8-6-5-7-17(20)3/h5-12,16,18H,13-15H2,1-4H3,(H,25,28)/t18-/m1/s1. The molecule has 2 aromatic carbocycles. The van der Waals surface area contributed by atoms with Crippen LogP contribution < -0.4 is 5.32 Å². The van der Waals surface area contributed by atoms with Gasteiger partial charge in [-0.2, -0.15) is 0 Å². The number of hydrogen-bond donors (Lipinski definition) is 1. The van der Waals surface area contributed by atoms with Crippen molar-refractivity contribution < 1.29 is 9.59 Å². The van der Waals surface area contributed by atoms with Crippen LogP contribution in [0.3, 0.4) is 0 Å². The third kappa shape index (κ3) is 6.38. The van der Waals surface area contributed by atoms with Crippen molar-refractivity contribution in [3.63, 3.8) is 0 Å². The van der Waals surface area contributed by atoms with Crippen LogP contribution in [0.15, 0.2) is 48.5 Å². The summed E-state index contributed by atoms with van der Waals surface area (Å²) in [5, 5.41) is 3.58. The van der Waals surface area contributed by atoms with Crippen LogP contribution in [-0.2, 0) is 22.6 Å². The summed E-state index contributed by atoms with van der Waals surface area (Å²) in [6, 6.07) is 14.6. The van der Waals surface area contributed by atoms with Crippen LogP contribution in [0.2, 0.25) is 5.02 Å². The number of carbonyl (C=O) groups excluding carboxylic acids is 2. The predicted octanol–water partition coefficient (Wildman–Crippen LogP) is 4.38. The van der Waals surface area contributed by atoms with Crippen molar-refractivity contribution >= 4 is 23.4 Å². The maximum atomic E-state index is 13.1. The Morgan fingerprint density at radius 3 is 2.29 bits per heavy atom. The van der Waals surface area contributed by atoms with Gasteiger partial charge in [-0.25, -0.2) is 0 Å². The maximum absolute atomic E-state index is 13.1. The van der Waals surface area contributed by atoms with E-state index in [-0.39, 0.29) is 18.2 Å². The quantitative estimate of drug-likeness (QED) is 0.714. The molecule has 28 heavy (non-hydrogen) atoms. The number of halogens is 1. The monoisotopic (exact) mass is 400 g/mol. The van der Waals surface area contributed by atoms with E-state index in [1.807, 2.05) is 57.2 Å². The molecule has 5 heteroatoms. The van der Waals surface area contributed by atoms with Crippen LogP contribution in [0.5, 0.6) is 0 Å². The van der Waals surface area contributed by atoms with Gasteiger partial charge < -0.3 is 10.2 Å². The molecule has 0 saturated heterocycles. The van der Waals surface area contributed by atoms with Crippen molar-refractivity contribution in [2.75, 3.05) is 6.54 Å². The van der Waals surface area contributed by atoms with Crippen LogP contribution in [-0.4, -0.2) is 29.3 Å². The zero-order chi connectivity index (χ0) is 20.7. The normalized spacial score (nSPS) is 11.9. The van der Waals surface area contributed by atoms with Crippen LogP contribution in [0, 0.1) is 12.8 Å². The molecule has 0 spiro atoms. The first kappa shape index (κ1) is 22.0. The second-order valence-electron chi connectivity index (χ2n) is 7.57. The van der Waals surface area contributed by atoms with Gasteiger partial charge in [0.05, 0.1) is 6.42 Å². The van der Waals surface area contributed by atoms with Gasteiger partial charge in [0.25, 0.3) is 0 Å². The first-order valence-corrected chi connectivity index (χ1v) is 10.0. The number of nitrogens with zero attached hydrogens (tertiary/aromatic N) is 1. The highest BCUT2D eigenvalue weighted by molar-refractivity contribution is 6.30. The summed E-state index contributed by atoms with van der Waals surface area (Å²) >= 11 is 5.97. The lowest BCUT2D eigenvalue weighted by atomic mass is 10.0. The summed E-state index contributed by atoms with van der Waals surface area (Å²) in [6.07, 6.45) is 0.266. The Morgan fingerprint density at radius 1 is 1.04 bits per heavy atom. The summed E-state index contributed by atoms with van der Waals surface area (Å²) in [5.74, 6) is 0.140. The average Bonchev–Trinajstić information content (AvgIpc) is 2.66. The van der Waals surface area contributed by atoms with Crippen LogP contribution in [0.4, 0.5) is 0 Å². The van der Waals surface area contributed by atoms with Gasteiger partial charge >= 0.3 is 0 Å². The van der Waals surface area contributed by atoms with Crippen molar-refractivity contribution in [1.29, 1.82) is 0 Å². The summed E-state index contributed by atoms with van der Waals surface area (Å²) in [7, 11) is 0. The second-order valence-corrected chi connectivity index (χ2v) is 8.00. The van der Waals surface area contributed by atoms with Crippen LogP contribution in [0.1, 0.15) is 37.5 Å². The number of aryl methyl sites for hydroxylation is 1. The molecule has 2 aromatic rings. The molecule has 0 unspecified atom stereocenters. The second kappa shape index (κ2) is 10.3. The zero-order valence-corrected chi connectivity index (χ0v) is 17.8. The minimum Gasteiger partial charge on any atom is -0.354 e. The first-order chi connectivity index (χ1) is 13.3. The van der Waals surface area contributed by atoms with Crippen molar-refractivity contribution in [3.8, 4) is 0 Å². The predicted molar refractivity (Wildman–Crippen MR) is 114 cm³/mol. The molecule has 4 nitrogen and oxygen atoms in total. The highest BCUT2D eigenvalue weighted by atomic mass is 35.5. The summed E-state index contributed by atoms with van der Waals surface area (Å²) in [6.45, 7) is 8.80. The SMILES string of the molecule is Cc1ccccc1CC(=O)N(Cc1ccc(Cl)cc1)[C@H](C)C(=O)NCC(C)C. The van der Waals surface area contributed by atoms with Crippen LogP contribution in [0.25, 0.3) is 0 Å². The van der Waals surface area contributed by atoms with Gasteiger partial charge in [0.1, 0.15) is 6.04 Å². The van der Waals surface area contributed by atoms with Crippen molar-refractivity contribution in [2.45, 2.75) is 46.7 Å². The van der Waals surface area contributed by atoms with E-state index in [9.17, 15) is 9.59 Å². The maximum Gasteiger partial charge on any atom is 0.242 e. The van der Waals surface area contributed by atoms with Gasteiger partial charge in [0.15, 0.2) is 0 Å². The molecule has 1 atom stereocenters. The fourth-order valence-electron chi connectivity index (χ4n) is 2.89. The molecule has 0 aromatic heterocycles. The zero-order valence-electron chi connectivity index (χ0n) is 17.0. The van der Waals surface area contributed by atoms with Gasteiger partial charge in [-0.3, -0.25) is 9.59 Å². The lowest BCUT2D eigenvalue weighted by Gasteiger charge is -2.29. The van der Waals surface area contributed by atoms with E-state index in [0.29, 0.717) is 24.0 Å². The molecule has 0 heterocycles. The summed E-state index contributed by atoms with van der Waals surface area (Å²) in [4.78, 5) is 27.4. The van der Waals surface area contributed by atoms with E-state index >= 15 is 0 Å². The van der Waals surface area contributed by atoms with E-state index in [2.05, 4.69) is 5.32 Å². The fraction of sp³-hybridized carbons (Fsp3) is 0.391. The number of carbonyl (C=O) groups is 2. The van der Waals surface area contributed by atoms with Gasteiger partial charge in [0, 0.05) is 18.1 Å². The molecule has 0 bridgehead atoms. The Balaban J connectivity index is 2.21. The van der Waals surface area contributed by atoms with Crippen LogP contribution >= 0.6 is 11.6 Å². The van der Waals surface area contributed by atoms with Gasteiger partial charge in [0.2, 0.25) is 11.8 Å². The average molecular weight is 401 g/mol. The molecular formula is C23H29ClN2O2. The molecule has 1 N–H and O–H groups in total. The van der Waals surface area contributed by atoms with E-state index in [4.69, 9.17) is 11.6 Å². The Bertz CT molecular complexity index is 803. The third-order valence-corrected chi connectivity index (χ3v) is 4.97. The molecule has 0 aliphatic heterocycles. The Hall–Kier alpha value is -2.33. The number of nitrogens with one attached hydrogen (secondary N) is 1. The lowest BCUT2D eigenvalue weighted by Crippen LogP contribution is -2.48. The molecule has 0 saturated carbocycles. The fourth-order valence-corrected chi connectivity index (χ4v) is 3.02. The smallest absolute Gasteiger partial charge is 0.242 e. The highest BCUT2D eigenvalue weighted by Gasteiger charge is 2.26. The van der Waals surface area contributed by atoms with Crippen molar-refractivity contribution in [2.24, 2.45) is 5.92 Å². The highest BCUT2D eigenvalue weighted by Crippen LogP contribution is 2.16. The Labute approximate surface area is 172 Å². The minimum atomic E-state index is -0.564. The molecule has 0 fully saturated rings. The molecule has 2 rings (SSSR count). The molecule has 0 aliphatic carbocycles. The van der Waals surface area contributed by atoms with Gasteiger partial charge in [-0.15, -0.1) is 0 Å². The minimum absolute atomic E-state index is 0.0727. The lowest BCUT2D eigenvalue weighted by molar-refractivity contribution is -0.140. The van der Waals surface area contributed by atoms with E-state index in [1.54, 1.807) is 24.0 Å². The van der Waals surface area contributed by atoms with E-state index in [1.165, 1.54) is 0 Å². The third-order valence-electron chi connectivity index (χ3n) is 4.72. The Morgan fingerprint density at radius 2 is 1.68 bits per heavy atom. The van der Waals surface area contributed by atoms with Crippen molar-refractivity contribution in [3.05, 3.63) is 70.2 Å². The Kier molecular flexibility index (Phi) is 8.06. The number of benzene rings is 2. The number of rotatable bonds is 8. The number of amides is 2. The summed E-state index contributed by atoms with van der Waals surface area (Å²) < 4.78 is 0. The molecule has 2 amide bonds.